The van der Waals surface area contributed by atoms with Crippen molar-refractivity contribution in [1.82, 2.24) is 4.98 Å². The Morgan fingerprint density at radius 1 is 1.44 bits per heavy atom. The van der Waals surface area contributed by atoms with Crippen LogP contribution in [0.25, 0.3) is 10.9 Å². The molecule has 0 saturated heterocycles. The highest BCUT2D eigenvalue weighted by Crippen LogP contribution is 2.29. The maximum atomic E-state index is 13.0. The van der Waals surface area contributed by atoms with Gasteiger partial charge in [0, 0.05) is 10.9 Å². The van der Waals surface area contributed by atoms with E-state index in [-0.39, 0.29) is 17.4 Å². The van der Waals surface area contributed by atoms with Gasteiger partial charge in [0.05, 0.1) is 0 Å². The molecule has 2 aromatic rings. The van der Waals surface area contributed by atoms with E-state index in [2.05, 4.69) is 4.98 Å². The van der Waals surface area contributed by atoms with Crippen LogP contribution in [0.4, 0.5) is 4.39 Å². The van der Waals surface area contributed by atoms with Crippen LogP contribution >= 0.6 is 0 Å². The van der Waals surface area contributed by atoms with Gasteiger partial charge in [0.25, 0.3) is 0 Å². The first-order valence-electron chi connectivity index (χ1n) is 5.05. The van der Waals surface area contributed by atoms with Crippen LogP contribution in [0.2, 0.25) is 0 Å². The van der Waals surface area contributed by atoms with Crippen molar-refractivity contribution in [2.45, 2.75) is 19.8 Å². The molecule has 0 radical (unpaired) electrons. The molecule has 2 rings (SSSR count). The third-order valence-electron chi connectivity index (χ3n) is 2.59. The minimum absolute atomic E-state index is 0.0744. The predicted molar refractivity (Wildman–Crippen MR) is 59.3 cm³/mol. The molecular formula is C12H12FNO2. The molecule has 1 heterocycles. The van der Waals surface area contributed by atoms with Crippen molar-refractivity contribution in [3.05, 3.63) is 35.3 Å². The molecule has 0 aliphatic carbocycles. The van der Waals surface area contributed by atoms with Crippen LogP contribution in [0.5, 0.6) is 0 Å². The molecule has 3 nitrogen and oxygen atoms in total. The summed E-state index contributed by atoms with van der Waals surface area (Å²) in [4.78, 5) is 13.8. The van der Waals surface area contributed by atoms with Gasteiger partial charge in [0.15, 0.2) is 0 Å². The fourth-order valence-electron chi connectivity index (χ4n) is 1.96. The van der Waals surface area contributed by atoms with Gasteiger partial charge < -0.3 is 10.1 Å². The monoisotopic (exact) mass is 221 g/mol. The molecule has 0 bridgehead atoms. The molecule has 1 aromatic carbocycles. The lowest BCUT2D eigenvalue weighted by molar-refractivity contribution is 0.0690. The van der Waals surface area contributed by atoms with Crippen molar-refractivity contribution in [2.75, 3.05) is 0 Å². The first-order chi connectivity index (χ1) is 7.50. The molecule has 0 atom stereocenters. The summed E-state index contributed by atoms with van der Waals surface area (Å²) in [5.41, 5.74) is 1.40. The van der Waals surface area contributed by atoms with Crippen LogP contribution in [-0.2, 0) is 0 Å². The topological polar surface area (TPSA) is 53.1 Å². The first kappa shape index (κ1) is 10.7. The minimum atomic E-state index is -1.01. The lowest BCUT2D eigenvalue weighted by atomic mass is 9.99. The number of nitrogens with one attached hydrogen (secondary N) is 1. The summed E-state index contributed by atoms with van der Waals surface area (Å²) < 4.78 is 13.0. The number of aromatic amines is 1. The number of benzene rings is 1. The second-order valence-corrected chi connectivity index (χ2v) is 4.06. The molecule has 16 heavy (non-hydrogen) atoms. The van der Waals surface area contributed by atoms with Crippen LogP contribution in [0.3, 0.4) is 0 Å². The summed E-state index contributed by atoms with van der Waals surface area (Å²) in [7, 11) is 0. The molecule has 4 heteroatoms. The summed E-state index contributed by atoms with van der Waals surface area (Å²) in [5.74, 6) is -1.31. The number of fused-ring (bicyclic) bond motifs is 1. The lowest BCUT2D eigenvalue weighted by Gasteiger charge is -2.04. The molecule has 0 amide bonds. The van der Waals surface area contributed by atoms with E-state index in [0.29, 0.717) is 5.52 Å². The van der Waals surface area contributed by atoms with Crippen LogP contribution in [0, 0.1) is 5.82 Å². The third kappa shape index (κ3) is 1.56. The fourth-order valence-corrected chi connectivity index (χ4v) is 1.96. The van der Waals surface area contributed by atoms with E-state index in [9.17, 15) is 9.18 Å². The Morgan fingerprint density at radius 2 is 2.12 bits per heavy atom. The molecule has 2 N–H and O–H groups in total. The maximum absolute atomic E-state index is 13.0. The van der Waals surface area contributed by atoms with Crippen LogP contribution < -0.4 is 0 Å². The Balaban J connectivity index is 2.81. The summed E-state index contributed by atoms with van der Waals surface area (Å²) in [6.07, 6.45) is 0. The van der Waals surface area contributed by atoms with Crippen molar-refractivity contribution in [1.29, 1.82) is 0 Å². The zero-order valence-electron chi connectivity index (χ0n) is 9.04. The standard InChI is InChI=1S/C12H12FNO2/c1-6(2)10-8-4-3-7(13)5-9(8)14-11(10)12(15)16/h3-6,14H,1-2H3,(H,15,16). The van der Waals surface area contributed by atoms with Gasteiger partial charge in [-0.1, -0.05) is 13.8 Å². The maximum Gasteiger partial charge on any atom is 0.352 e. The number of aromatic nitrogens is 1. The number of H-pyrrole nitrogens is 1. The van der Waals surface area contributed by atoms with Gasteiger partial charge in [0.2, 0.25) is 0 Å². The predicted octanol–water partition coefficient (Wildman–Crippen LogP) is 3.13. The number of carboxylic acids is 1. The Labute approximate surface area is 91.9 Å². The van der Waals surface area contributed by atoms with Crippen molar-refractivity contribution in [3.8, 4) is 0 Å². The fraction of sp³-hybridized carbons (Fsp3) is 0.250. The van der Waals surface area contributed by atoms with Crippen molar-refractivity contribution >= 4 is 16.9 Å². The lowest BCUT2D eigenvalue weighted by Crippen LogP contribution is -2.02. The highest BCUT2D eigenvalue weighted by atomic mass is 19.1. The molecule has 0 aliphatic rings. The van der Waals surface area contributed by atoms with Gasteiger partial charge >= 0.3 is 5.97 Å². The van der Waals surface area contributed by atoms with E-state index in [4.69, 9.17) is 5.11 Å². The van der Waals surface area contributed by atoms with Crippen LogP contribution in [0.1, 0.15) is 35.8 Å². The molecule has 0 aliphatic heterocycles. The molecule has 0 saturated carbocycles. The number of carbonyl (C=O) groups is 1. The number of aromatic carboxylic acids is 1. The summed E-state index contributed by atoms with van der Waals surface area (Å²) in [5, 5.41) is 9.83. The van der Waals surface area contributed by atoms with E-state index in [1.165, 1.54) is 12.1 Å². The van der Waals surface area contributed by atoms with Gasteiger partial charge in [-0.2, -0.15) is 0 Å². The highest BCUT2D eigenvalue weighted by molar-refractivity contribution is 5.97. The van der Waals surface area contributed by atoms with E-state index in [1.807, 2.05) is 13.8 Å². The smallest absolute Gasteiger partial charge is 0.352 e. The number of hydrogen-bond acceptors (Lipinski definition) is 1. The van der Waals surface area contributed by atoms with Gasteiger partial charge in [-0.15, -0.1) is 0 Å². The average Bonchev–Trinajstić information content (AvgIpc) is 2.55. The quantitative estimate of drug-likeness (QED) is 0.818. The SMILES string of the molecule is CC(C)c1c(C(=O)O)[nH]c2cc(F)ccc12. The molecule has 84 valence electrons. The highest BCUT2D eigenvalue weighted by Gasteiger charge is 2.19. The van der Waals surface area contributed by atoms with Crippen molar-refractivity contribution < 1.29 is 14.3 Å². The Hall–Kier alpha value is -1.84. The van der Waals surface area contributed by atoms with Crippen molar-refractivity contribution in [3.63, 3.8) is 0 Å². The molecule has 1 aromatic heterocycles. The number of carboxylic acid groups (broad SMARTS) is 1. The molecule has 0 unspecified atom stereocenters. The zero-order valence-corrected chi connectivity index (χ0v) is 9.04. The molecular weight excluding hydrogens is 209 g/mol. The molecule has 0 spiro atoms. The number of hydrogen-bond donors (Lipinski definition) is 2. The molecule has 0 fully saturated rings. The third-order valence-corrected chi connectivity index (χ3v) is 2.59. The number of rotatable bonds is 2. The minimum Gasteiger partial charge on any atom is -0.477 e. The van der Waals surface area contributed by atoms with Gasteiger partial charge in [-0.05, 0) is 29.7 Å². The summed E-state index contributed by atoms with van der Waals surface area (Å²) >= 11 is 0. The second kappa shape index (κ2) is 3.63. The van der Waals surface area contributed by atoms with Gasteiger partial charge in [0.1, 0.15) is 11.5 Å². The van der Waals surface area contributed by atoms with Crippen LogP contribution in [-0.4, -0.2) is 16.1 Å². The zero-order chi connectivity index (χ0) is 11.9. The first-order valence-corrected chi connectivity index (χ1v) is 5.05. The van der Waals surface area contributed by atoms with Gasteiger partial charge in [-0.3, -0.25) is 0 Å². The Morgan fingerprint density at radius 3 is 2.69 bits per heavy atom. The summed E-state index contributed by atoms with van der Waals surface area (Å²) in [6, 6.07) is 4.27. The van der Waals surface area contributed by atoms with Crippen molar-refractivity contribution in [2.24, 2.45) is 0 Å². The van der Waals surface area contributed by atoms with E-state index in [0.717, 1.165) is 10.9 Å². The number of halogens is 1. The van der Waals surface area contributed by atoms with Gasteiger partial charge in [-0.25, -0.2) is 9.18 Å². The normalized spacial score (nSPS) is 11.2. The Kier molecular flexibility index (Phi) is 2.42. The Bertz CT molecular complexity index is 557. The average molecular weight is 221 g/mol. The van der Waals surface area contributed by atoms with E-state index in [1.54, 1.807) is 6.07 Å². The largest absolute Gasteiger partial charge is 0.477 e. The second-order valence-electron chi connectivity index (χ2n) is 4.06. The summed E-state index contributed by atoms with van der Waals surface area (Å²) in [6.45, 7) is 3.83. The van der Waals surface area contributed by atoms with E-state index < -0.39 is 5.97 Å². The van der Waals surface area contributed by atoms with Crippen LogP contribution in [0.15, 0.2) is 18.2 Å². The van der Waals surface area contributed by atoms with E-state index >= 15 is 0 Å².